The van der Waals surface area contributed by atoms with Gasteiger partial charge in [-0.15, -0.1) is 0 Å². The van der Waals surface area contributed by atoms with Gasteiger partial charge in [-0.05, 0) is 58.0 Å². The molecule has 5 nitrogen and oxygen atoms in total. The first-order chi connectivity index (χ1) is 11.2. The van der Waals surface area contributed by atoms with Crippen molar-refractivity contribution < 1.29 is 9.21 Å². The Kier molecular flexibility index (Phi) is 4.65. The van der Waals surface area contributed by atoms with Crippen LogP contribution in [-0.4, -0.2) is 16.6 Å². The number of aromatic nitrogens is 1. The van der Waals surface area contributed by atoms with E-state index in [1.807, 2.05) is 29.7 Å². The molecule has 0 radical (unpaired) electrons. The quantitative estimate of drug-likeness (QED) is 0.670. The fourth-order valence-corrected chi connectivity index (χ4v) is 2.77. The fraction of sp³-hybridized carbons (Fsp3) is 0.0625. The van der Waals surface area contributed by atoms with E-state index in [9.17, 15) is 4.79 Å². The van der Waals surface area contributed by atoms with Gasteiger partial charge in [0.2, 0.25) is 11.8 Å². The van der Waals surface area contributed by atoms with Gasteiger partial charge < -0.3 is 9.73 Å². The van der Waals surface area contributed by atoms with Gasteiger partial charge in [-0.1, -0.05) is 12.1 Å². The summed E-state index contributed by atoms with van der Waals surface area (Å²) in [5.74, 6) is 0.372. The van der Waals surface area contributed by atoms with Gasteiger partial charge in [-0.3, -0.25) is 4.79 Å². The van der Waals surface area contributed by atoms with Crippen molar-refractivity contribution in [2.45, 2.75) is 0 Å². The number of fused-ring (bicyclic) bond motifs is 1. The molecule has 1 heterocycles. The Morgan fingerprint density at radius 3 is 2.96 bits per heavy atom. The van der Waals surface area contributed by atoms with E-state index in [1.54, 1.807) is 18.2 Å². The first-order valence-electron chi connectivity index (χ1n) is 6.63. The number of rotatable bonds is 4. The standard InChI is InChI=1S/C16H10BrN3O2S/c17-12-4-2-1-3-11(12)16-20-13-7-10(5-6-14(13)22-16)19-15(21)8-23-9-18/h1-7H,8H2,(H,19,21). The molecule has 114 valence electrons. The zero-order valence-corrected chi connectivity index (χ0v) is 14.1. The smallest absolute Gasteiger partial charge is 0.235 e. The first-order valence-corrected chi connectivity index (χ1v) is 8.41. The Bertz CT molecular complexity index is 917. The zero-order chi connectivity index (χ0) is 16.2. The monoisotopic (exact) mass is 387 g/mol. The molecule has 3 aromatic rings. The molecule has 7 heteroatoms. The van der Waals surface area contributed by atoms with Crippen LogP contribution in [0.15, 0.2) is 51.4 Å². The van der Waals surface area contributed by atoms with Gasteiger partial charge in [0.1, 0.15) is 10.9 Å². The maximum Gasteiger partial charge on any atom is 0.235 e. The van der Waals surface area contributed by atoms with E-state index in [-0.39, 0.29) is 11.7 Å². The Hall–Kier alpha value is -2.30. The summed E-state index contributed by atoms with van der Waals surface area (Å²) in [5, 5.41) is 13.1. The average molecular weight is 388 g/mol. The summed E-state index contributed by atoms with van der Waals surface area (Å²) < 4.78 is 6.66. The van der Waals surface area contributed by atoms with Crippen LogP contribution in [0.3, 0.4) is 0 Å². The van der Waals surface area contributed by atoms with Gasteiger partial charge >= 0.3 is 0 Å². The largest absolute Gasteiger partial charge is 0.436 e. The third kappa shape index (κ3) is 3.55. The molecule has 23 heavy (non-hydrogen) atoms. The van der Waals surface area contributed by atoms with Crippen molar-refractivity contribution in [1.29, 1.82) is 5.26 Å². The summed E-state index contributed by atoms with van der Waals surface area (Å²) in [6, 6.07) is 12.9. The van der Waals surface area contributed by atoms with Crippen molar-refractivity contribution in [3.8, 4) is 16.9 Å². The maximum absolute atomic E-state index is 11.6. The van der Waals surface area contributed by atoms with Crippen LogP contribution in [0.5, 0.6) is 0 Å². The van der Waals surface area contributed by atoms with Crippen LogP contribution < -0.4 is 5.32 Å². The normalized spacial score (nSPS) is 10.4. The van der Waals surface area contributed by atoms with Gasteiger partial charge in [0.05, 0.1) is 11.3 Å². The van der Waals surface area contributed by atoms with Crippen LogP contribution in [0.25, 0.3) is 22.6 Å². The fourth-order valence-electron chi connectivity index (χ4n) is 2.05. The second-order valence-corrected chi connectivity index (χ2v) is 6.22. The van der Waals surface area contributed by atoms with Crippen LogP contribution in [0.1, 0.15) is 0 Å². The Labute approximate surface area is 144 Å². The van der Waals surface area contributed by atoms with Crippen LogP contribution in [-0.2, 0) is 4.79 Å². The topological polar surface area (TPSA) is 78.9 Å². The van der Waals surface area contributed by atoms with Crippen molar-refractivity contribution in [3.63, 3.8) is 0 Å². The highest BCUT2D eigenvalue weighted by atomic mass is 79.9. The molecule has 0 bridgehead atoms. The number of thioether (sulfide) groups is 1. The van der Waals surface area contributed by atoms with Crippen molar-refractivity contribution in [3.05, 3.63) is 46.9 Å². The molecular weight excluding hydrogens is 378 g/mol. The van der Waals surface area contributed by atoms with Crippen molar-refractivity contribution in [1.82, 2.24) is 4.98 Å². The highest BCUT2D eigenvalue weighted by Crippen LogP contribution is 2.30. The summed E-state index contributed by atoms with van der Waals surface area (Å²) in [6.45, 7) is 0. The van der Waals surface area contributed by atoms with Crippen LogP contribution in [0.2, 0.25) is 0 Å². The number of anilines is 1. The minimum atomic E-state index is -0.231. The Morgan fingerprint density at radius 1 is 1.35 bits per heavy atom. The Morgan fingerprint density at radius 2 is 2.17 bits per heavy atom. The first kappa shape index (κ1) is 15.6. The Balaban J connectivity index is 1.88. The molecule has 0 saturated heterocycles. The highest BCUT2D eigenvalue weighted by molar-refractivity contribution is 9.10. The van der Waals surface area contributed by atoms with E-state index >= 15 is 0 Å². The van der Waals surface area contributed by atoms with Gasteiger partial charge in [0, 0.05) is 10.2 Å². The summed E-state index contributed by atoms with van der Waals surface area (Å²) in [7, 11) is 0. The number of carbonyl (C=O) groups is 1. The van der Waals surface area contributed by atoms with Crippen molar-refractivity contribution >= 4 is 50.4 Å². The molecule has 1 N–H and O–H groups in total. The summed E-state index contributed by atoms with van der Waals surface area (Å²) in [5.41, 5.74) is 2.77. The van der Waals surface area contributed by atoms with E-state index in [0.717, 1.165) is 21.8 Å². The molecule has 0 atom stereocenters. The molecule has 0 unspecified atom stereocenters. The van der Waals surface area contributed by atoms with E-state index in [4.69, 9.17) is 9.68 Å². The van der Waals surface area contributed by atoms with Gasteiger partial charge in [-0.25, -0.2) is 4.98 Å². The van der Waals surface area contributed by atoms with Crippen LogP contribution in [0.4, 0.5) is 5.69 Å². The molecule has 2 aromatic carbocycles. The van der Waals surface area contributed by atoms with E-state index in [1.165, 1.54) is 0 Å². The number of amides is 1. The lowest BCUT2D eigenvalue weighted by Crippen LogP contribution is -2.13. The lowest BCUT2D eigenvalue weighted by atomic mass is 10.2. The number of nitriles is 1. The van der Waals surface area contributed by atoms with E-state index < -0.39 is 0 Å². The third-order valence-corrected chi connectivity index (χ3v) is 4.27. The number of benzene rings is 2. The predicted molar refractivity (Wildman–Crippen MR) is 93.8 cm³/mol. The molecule has 0 saturated carbocycles. The van der Waals surface area contributed by atoms with Gasteiger partial charge in [0.15, 0.2) is 5.58 Å². The lowest BCUT2D eigenvalue weighted by Gasteiger charge is -2.02. The predicted octanol–water partition coefficient (Wildman–Crippen LogP) is 4.41. The van der Waals surface area contributed by atoms with Crippen LogP contribution >= 0.6 is 27.7 Å². The molecular formula is C16H10BrN3O2S. The number of hydrogen-bond donors (Lipinski definition) is 1. The SMILES string of the molecule is N#CSCC(=O)Nc1ccc2oc(-c3ccccc3Br)nc2c1. The number of carbonyl (C=O) groups excluding carboxylic acids is 1. The zero-order valence-electron chi connectivity index (χ0n) is 11.7. The molecule has 1 aromatic heterocycles. The molecule has 0 spiro atoms. The molecule has 1 amide bonds. The average Bonchev–Trinajstić information content (AvgIpc) is 2.96. The maximum atomic E-state index is 11.6. The number of nitrogens with zero attached hydrogens (tertiary/aromatic N) is 2. The summed E-state index contributed by atoms with van der Waals surface area (Å²) in [4.78, 5) is 16.1. The summed E-state index contributed by atoms with van der Waals surface area (Å²) in [6.07, 6.45) is 0. The number of oxazole rings is 1. The molecule has 3 rings (SSSR count). The molecule has 0 aliphatic heterocycles. The highest BCUT2D eigenvalue weighted by Gasteiger charge is 2.12. The molecule has 0 aliphatic carbocycles. The van der Waals surface area contributed by atoms with Gasteiger partial charge in [0.25, 0.3) is 0 Å². The van der Waals surface area contributed by atoms with Gasteiger partial charge in [-0.2, -0.15) is 5.26 Å². The number of thiocyanates is 1. The minimum absolute atomic E-state index is 0.0928. The number of nitrogens with one attached hydrogen (secondary N) is 1. The van der Waals surface area contributed by atoms with E-state index in [2.05, 4.69) is 26.2 Å². The number of hydrogen-bond acceptors (Lipinski definition) is 5. The van der Waals surface area contributed by atoms with Crippen molar-refractivity contribution in [2.24, 2.45) is 0 Å². The molecule has 0 fully saturated rings. The van der Waals surface area contributed by atoms with Crippen molar-refractivity contribution in [2.75, 3.05) is 11.1 Å². The lowest BCUT2D eigenvalue weighted by molar-refractivity contribution is -0.113. The van der Waals surface area contributed by atoms with E-state index in [0.29, 0.717) is 22.7 Å². The summed E-state index contributed by atoms with van der Waals surface area (Å²) >= 11 is 4.37. The second kappa shape index (κ2) is 6.86. The third-order valence-electron chi connectivity index (χ3n) is 3.04. The minimum Gasteiger partial charge on any atom is -0.436 e. The second-order valence-electron chi connectivity index (χ2n) is 4.61. The van der Waals surface area contributed by atoms with Crippen LogP contribution in [0, 0.1) is 10.7 Å². The number of halogens is 1. The molecule has 0 aliphatic rings.